The van der Waals surface area contributed by atoms with Crippen LogP contribution in [0.15, 0.2) is 188 Å². The summed E-state index contributed by atoms with van der Waals surface area (Å²) in [4.78, 5) is 0. The summed E-state index contributed by atoms with van der Waals surface area (Å²) in [5.74, 6) is 0. The largest absolute Gasteiger partial charge is 0.309 e. The molecule has 8 aromatic carbocycles. The molecule has 51 heavy (non-hydrogen) atoms. The minimum Gasteiger partial charge on any atom is -0.309 e. The molecule has 3 heteroatoms. The number of hydrogen-bond donors (Lipinski definition) is 0. The molecule has 0 aliphatic heterocycles. The van der Waals surface area contributed by atoms with Crippen LogP contribution in [0.5, 0.6) is 0 Å². The van der Waals surface area contributed by atoms with E-state index in [1.54, 1.807) is 12.1 Å². The first-order valence-electron chi connectivity index (χ1n) is 22.6. The highest BCUT2D eigenvalue weighted by Crippen LogP contribution is 2.44. The smallest absolute Gasteiger partial charge is 0.0645 e. The Morgan fingerprint density at radius 1 is 0.373 bits per heavy atom. The summed E-state index contributed by atoms with van der Waals surface area (Å²) in [5.41, 5.74) is 4.69. The van der Waals surface area contributed by atoms with Gasteiger partial charge in [0.1, 0.15) is 0 Å². The Balaban J connectivity index is 1.31. The fourth-order valence-electron chi connectivity index (χ4n) is 7.72. The molecule has 3 aromatic heterocycles. The highest BCUT2D eigenvalue weighted by Gasteiger charge is 2.22. The predicted molar refractivity (Wildman–Crippen MR) is 215 cm³/mol. The van der Waals surface area contributed by atoms with E-state index in [2.05, 4.69) is 51.6 Å². The van der Waals surface area contributed by atoms with Crippen LogP contribution >= 0.6 is 0 Å². The second-order valence-electron chi connectivity index (χ2n) is 12.4. The third kappa shape index (κ3) is 4.00. The zero-order valence-electron chi connectivity index (χ0n) is 38.8. The summed E-state index contributed by atoms with van der Waals surface area (Å²) in [7, 11) is 0. The molecule has 0 saturated carbocycles. The van der Waals surface area contributed by atoms with Gasteiger partial charge in [0.15, 0.2) is 0 Å². The molecule has 3 heterocycles. The van der Waals surface area contributed by atoms with Crippen LogP contribution in [0, 0.1) is 0 Å². The van der Waals surface area contributed by atoms with Crippen molar-refractivity contribution in [2.45, 2.75) is 0 Å². The number of benzene rings is 8. The lowest BCUT2D eigenvalue weighted by Gasteiger charge is -2.15. The van der Waals surface area contributed by atoms with E-state index in [1.807, 2.05) is 60.7 Å². The van der Waals surface area contributed by atoms with Crippen molar-refractivity contribution < 1.29 is 16.4 Å². The summed E-state index contributed by atoms with van der Waals surface area (Å²) < 4.78 is 113. The van der Waals surface area contributed by atoms with Crippen LogP contribution in [0.1, 0.15) is 16.4 Å². The van der Waals surface area contributed by atoms with Gasteiger partial charge in [-0.05, 0) is 72.2 Å². The van der Waals surface area contributed by atoms with Crippen molar-refractivity contribution in [2.24, 2.45) is 0 Å². The van der Waals surface area contributed by atoms with Crippen molar-refractivity contribution >= 4 is 65.4 Å². The maximum Gasteiger partial charge on any atom is 0.0645 e. The van der Waals surface area contributed by atoms with Gasteiger partial charge in [-0.3, -0.25) is 0 Å². The van der Waals surface area contributed by atoms with E-state index in [0.29, 0.717) is 11.3 Å². The molecular weight excluding hydrogens is 619 g/mol. The van der Waals surface area contributed by atoms with Gasteiger partial charge in [0, 0.05) is 49.3 Å². The maximum absolute atomic E-state index is 10.00. The van der Waals surface area contributed by atoms with E-state index in [-0.39, 0.29) is 33.4 Å². The molecule has 0 unspecified atom stereocenters. The van der Waals surface area contributed by atoms with E-state index in [1.165, 1.54) is 0 Å². The Morgan fingerprint density at radius 3 is 1.90 bits per heavy atom. The van der Waals surface area contributed by atoms with Crippen molar-refractivity contribution in [1.29, 1.82) is 0 Å². The van der Waals surface area contributed by atoms with Gasteiger partial charge in [-0.1, -0.05) is 121 Å². The van der Waals surface area contributed by atoms with Crippen molar-refractivity contribution in [1.82, 2.24) is 13.7 Å². The molecule has 0 bridgehead atoms. The molecule has 11 rings (SSSR count). The van der Waals surface area contributed by atoms with Crippen LogP contribution in [-0.2, 0) is 0 Å². The van der Waals surface area contributed by atoms with Gasteiger partial charge in [0.25, 0.3) is 0 Å². The molecule has 0 amide bonds. The van der Waals surface area contributed by atoms with E-state index in [4.69, 9.17) is 12.3 Å². The highest BCUT2D eigenvalue weighted by molar-refractivity contribution is 6.26. The maximum atomic E-state index is 10.00. The van der Waals surface area contributed by atoms with Gasteiger partial charge in [-0.2, -0.15) is 0 Å². The van der Waals surface area contributed by atoms with Crippen LogP contribution in [-0.4, -0.2) is 13.7 Å². The summed E-state index contributed by atoms with van der Waals surface area (Å²) in [5, 5.41) is 3.62. The fraction of sp³-hybridized carbons (Fsp3) is 0. The molecule has 0 N–H and O–H groups in total. The molecule has 0 fully saturated rings. The number of aromatic nitrogens is 3. The van der Waals surface area contributed by atoms with Crippen LogP contribution in [0.25, 0.3) is 93.6 Å². The van der Waals surface area contributed by atoms with E-state index >= 15 is 0 Å². The number of rotatable bonds is 4. The highest BCUT2D eigenvalue weighted by atomic mass is 15.0. The lowest BCUT2D eigenvalue weighted by Crippen LogP contribution is -1.98. The topological polar surface area (TPSA) is 14.8 Å². The predicted octanol–water partition coefficient (Wildman–Crippen LogP) is 12.6. The van der Waals surface area contributed by atoms with E-state index < -0.39 is 72.2 Å². The molecular formula is C48H31N3. The average molecular weight is 662 g/mol. The third-order valence-electron chi connectivity index (χ3n) is 9.77. The third-order valence-corrected chi connectivity index (χ3v) is 9.77. The Kier molecular flexibility index (Phi) is 3.99. The first-order chi connectivity index (χ1) is 30.3. The Labute approximate surface area is 311 Å². The van der Waals surface area contributed by atoms with Crippen molar-refractivity contribution in [3.63, 3.8) is 0 Å². The molecule has 0 atom stereocenters. The second kappa shape index (κ2) is 10.8. The molecule has 0 aliphatic carbocycles. The van der Waals surface area contributed by atoms with Crippen molar-refractivity contribution in [3.8, 4) is 28.2 Å². The normalized spacial score (nSPS) is 15.2. The summed E-state index contributed by atoms with van der Waals surface area (Å²) in [6.45, 7) is 0. The first-order valence-corrected chi connectivity index (χ1v) is 16.6. The van der Waals surface area contributed by atoms with Gasteiger partial charge in [-0.15, -0.1) is 0 Å². The van der Waals surface area contributed by atoms with E-state index in [0.717, 1.165) is 53.9 Å². The van der Waals surface area contributed by atoms with Crippen molar-refractivity contribution in [3.05, 3.63) is 188 Å². The van der Waals surface area contributed by atoms with Crippen molar-refractivity contribution in [2.75, 3.05) is 0 Å². The minimum absolute atomic E-state index is 0.0143. The van der Waals surface area contributed by atoms with Gasteiger partial charge < -0.3 is 13.7 Å². The molecule has 11 aromatic rings. The summed E-state index contributed by atoms with van der Waals surface area (Å²) >= 11 is 0. The number of para-hydroxylation sites is 6. The quantitative estimate of drug-likeness (QED) is 0.178. The average Bonchev–Trinajstić information content (AvgIpc) is 3.95. The van der Waals surface area contributed by atoms with Gasteiger partial charge in [-0.25, -0.2) is 0 Å². The summed E-state index contributed by atoms with van der Waals surface area (Å²) in [6.07, 6.45) is 0. The SMILES string of the molecule is [2H]c1c([2H])c([2H])c(-n2c3c([2H])c([2H])c([2H])c([2H])c3c3c([2H])c(-c4ccccc4-n4c5ccccc5c5ccc6c(c7ccccc7n6-c6ccccc6)c54)c([2H])c([2H])c32)c([2H])c1[2H]. The Bertz CT molecular complexity index is 3800. The standard InChI is InChI=1S/C48H31N3/c1-3-15-33(16-4-1)49-42-24-12-9-21-37(42)40-31-32(27-29-45(40)49)35-19-7-11-23-41(35)51-43-25-13-8-20-36(43)38-28-30-46-47(48(38)51)39-22-10-14-26-44(39)50(46)34-17-5-2-6-18-34/h1-31H/i1D,3D,4D,9D,12D,15D,16D,21D,24D,27D,29D,31D. The molecule has 0 spiro atoms. The zero-order chi connectivity index (χ0) is 43.9. The second-order valence-corrected chi connectivity index (χ2v) is 12.4. The molecule has 0 saturated heterocycles. The van der Waals surface area contributed by atoms with Crippen LogP contribution in [0.3, 0.4) is 0 Å². The van der Waals surface area contributed by atoms with Gasteiger partial charge in [0.05, 0.1) is 55.2 Å². The van der Waals surface area contributed by atoms with Crippen LogP contribution < -0.4 is 0 Å². The molecule has 0 aliphatic rings. The van der Waals surface area contributed by atoms with Gasteiger partial charge in [0.2, 0.25) is 0 Å². The fourth-order valence-corrected chi connectivity index (χ4v) is 7.72. The number of fused-ring (bicyclic) bond motifs is 10. The lowest BCUT2D eigenvalue weighted by atomic mass is 10.0. The molecule has 238 valence electrons. The van der Waals surface area contributed by atoms with Crippen LogP contribution in [0.2, 0.25) is 0 Å². The minimum atomic E-state index is -0.691. The van der Waals surface area contributed by atoms with Crippen LogP contribution in [0.4, 0.5) is 0 Å². The van der Waals surface area contributed by atoms with Gasteiger partial charge >= 0.3 is 0 Å². The lowest BCUT2D eigenvalue weighted by molar-refractivity contribution is 1.17. The summed E-state index contributed by atoms with van der Waals surface area (Å²) in [6, 6.07) is 30.8. The number of nitrogens with zero attached hydrogens (tertiary/aromatic N) is 3. The first kappa shape index (κ1) is 18.8. The monoisotopic (exact) mass is 661 g/mol. The van der Waals surface area contributed by atoms with E-state index in [9.17, 15) is 4.11 Å². The number of hydrogen-bond acceptors (Lipinski definition) is 0. The zero-order valence-corrected chi connectivity index (χ0v) is 26.8. The Morgan fingerprint density at radius 2 is 1.04 bits per heavy atom. The molecule has 0 radical (unpaired) electrons. The molecule has 3 nitrogen and oxygen atoms in total. The Hall–Kier alpha value is -6.84.